The van der Waals surface area contributed by atoms with E-state index in [9.17, 15) is 0 Å². The van der Waals surface area contributed by atoms with E-state index in [0.717, 1.165) is 29.1 Å². The molecule has 12 heavy (non-hydrogen) atoms. The lowest BCUT2D eigenvalue weighted by atomic mass is 9.96. The molecule has 0 aliphatic heterocycles. The number of rotatable bonds is 3. The van der Waals surface area contributed by atoms with Crippen molar-refractivity contribution >= 4 is 0 Å². The van der Waals surface area contributed by atoms with E-state index in [-0.39, 0.29) is 0 Å². The molecule has 0 nitrogen and oxygen atoms in total. The molecule has 0 aromatic carbocycles. The van der Waals surface area contributed by atoms with Gasteiger partial charge in [0.1, 0.15) is 0 Å². The zero-order valence-electron chi connectivity index (χ0n) is 8.93. The normalized spacial score (nSPS) is 57.0. The van der Waals surface area contributed by atoms with Crippen molar-refractivity contribution in [3.63, 3.8) is 0 Å². The maximum absolute atomic E-state index is 2.48. The maximum Gasteiger partial charge on any atom is -0.0269 e. The summed E-state index contributed by atoms with van der Waals surface area (Å²) in [6, 6.07) is 0. The van der Waals surface area contributed by atoms with Gasteiger partial charge >= 0.3 is 0 Å². The van der Waals surface area contributed by atoms with E-state index < -0.39 is 0 Å². The predicted molar refractivity (Wildman–Crippen MR) is 52.9 cm³/mol. The van der Waals surface area contributed by atoms with Gasteiger partial charge in [0, 0.05) is 0 Å². The fourth-order valence-corrected chi connectivity index (χ4v) is 2.82. The molecule has 2 rings (SSSR count). The first-order valence-electron chi connectivity index (χ1n) is 5.55. The van der Waals surface area contributed by atoms with Gasteiger partial charge in [0.2, 0.25) is 0 Å². The molecule has 4 unspecified atom stereocenters. The lowest BCUT2D eigenvalue weighted by molar-refractivity contribution is 0.415. The lowest BCUT2D eigenvalue weighted by Gasteiger charge is -2.09. The molecule has 4 atom stereocenters. The average Bonchev–Trinajstić information content (AvgIpc) is 2.85. The van der Waals surface area contributed by atoms with E-state index >= 15 is 0 Å². The first-order chi connectivity index (χ1) is 5.55. The van der Waals surface area contributed by atoms with E-state index in [1.165, 1.54) is 19.3 Å². The van der Waals surface area contributed by atoms with Crippen LogP contribution in [0, 0.1) is 29.1 Å². The molecular formula is C12H22. The molecule has 0 heteroatoms. The van der Waals surface area contributed by atoms with Crippen LogP contribution in [0.15, 0.2) is 0 Å². The van der Waals surface area contributed by atoms with Crippen molar-refractivity contribution in [3.05, 3.63) is 0 Å². The third-order valence-electron chi connectivity index (χ3n) is 5.05. The van der Waals surface area contributed by atoms with Crippen LogP contribution >= 0.6 is 0 Å². The number of hydrogen-bond acceptors (Lipinski definition) is 0. The molecule has 2 fully saturated rings. The summed E-state index contributed by atoms with van der Waals surface area (Å²) in [5.41, 5.74) is 0.725. The monoisotopic (exact) mass is 166 g/mol. The standard InChI is InChI=1S/C12H22/c1-8-7-11(8)5-6-12(4)9(2)10(12)3/h8-11H,5-7H2,1-4H3. The van der Waals surface area contributed by atoms with Gasteiger partial charge in [-0.1, -0.05) is 27.7 Å². The van der Waals surface area contributed by atoms with Crippen LogP contribution in [-0.4, -0.2) is 0 Å². The highest BCUT2D eigenvalue weighted by Crippen LogP contribution is 2.62. The zero-order valence-corrected chi connectivity index (χ0v) is 8.93. The zero-order chi connectivity index (χ0) is 8.93. The summed E-state index contributed by atoms with van der Waals surface area (Å²) < 4.78 is 0. The van der Waals surface area contributed by atoms with Gasteiger partial charge in [0.25, 0.3) is 0 Å². The largest absolute Gasteiger partial charge is 0.0622 e. The highest BCUT2D eigenvalue weighted by molar-refractivity contribution is 5.03. The second-order valence-corrected chi connectivity index (χ2v) is 5.59. The summed E-state index contributed by atoms with van der Waals surface area (Å²) >= 11 is 0. The number of hydrogen-bond donors (Lipinski definition) is 0. The molecule has 0 N–H and O–H groups in total. The van der Waals surface area contributed by atoms with Crippen molar-refractivity contribution in [1.82, 2.24) is 0 Å². The molecule has 2 saturated carbocycles. The van der Waals surface area contributed by atoms with Gasteiger partial charge in [0.05, 0.1) is 0 Å². The Bertz CT molecular complexity index is 174. The highest BCUT2D eigenvalue weighted by Gasteiger charge is 2.54. The fourth-order valence-electron chi connectivity index (χ4n) is 2.82. The summed E-state index contributed by atoms with van der Waals surface area (Å²) in [6.45, 7) is 9.71. The van der Waals surface area contributed by atoms with Crippen molar-refractivity contribution in [1.29, 1.82) is 0 Å². The van der Waals surface area contributed by atoms with E-state index in [1.54, 1.807) is 0 Å². The van der Waals surface area contributed by atoms with E-state index in [0.29, 0.717) is 0 Å². The summed E-state index contributed by atoms with van der Waals surface area (Å²) in [6.07, 6.45) is 4.51. The molecule has 70 valence electrons. The third kappa shape index (κ3) is 1.20. The van der Waals surface area contributed by atoms with Gasteiger partial charge < -0.3 is 0 Å². The summed E-state index contributed by atoms with van der Waals surface area (Å²) in [4.78, 5) is 0. The molecule has 0 aromatic heterocycles. The molecule has 0 saturated heterocycles. The Hall–Kier alpha value is 0. The van der Waals surface area contributed by atoms with E-state index in [4.69, 9.17) is 0 Å². The molecule has 0 heterocycles. The molecule has 0 radical (unpaired) electrons. The minimum Gasteiger partial charge on any atom is -0.0622 e. The molecule has 0 aromatic rings. The highest BCUT2D eigenvalue weighted by atomic mass is 14.6. The second-order valence-electron chi connectivity index (χ2n) is 5.59. The Labute approximate surface area is 76.7 Å². The van der Waals surface area contributed by atoms with Crippen LogP contribution in [0.4, 0.5) is 0 Å². The minimum absolute atomic E-state index is 0.725. The van der Waals surface area contributed by atoms with E-state index in [2.05, 4.69) is 27.7 Å². The van der Waals surface area contributed by atoms with Crippen molar-refractivity contribution in [2.24, 2.45) is 29.1 Å². The van der Waals surface area contributed by atoms with Crippen LogP contribution < -0.4 is 0 Å². The molecule has 0 amide bonds. The van der Waals surface area contributed by atoms with Gasteiger partial charge in [-0.25, -0.2) is 0 Å². The average molecular weight is 166 g/mol. The Balaban J connectivity index is 1.74. The third-order valence-corrected chi connectivity index (χ3v) is 5.05. The van der Waals surface area contributed by atoms with Gasteiger partial charge in [0.15, 0.2) is 0 Å². The maximum atomic E-state index is 2.48. The van der Waals surface area contributed by atoms with Crippen LogP contribution in [0.1, 0.15) is 47.0 Å². The minimum atomic E-state index is 0.725. The van der Waals surface area contributed by atoms with Crippen molar-refractivity contribution in [3.8, 4) is 0 Å². The summed E-state index contributed by atoms with van der Waals surface area (Å²) in [7, 11) is 0. The topological polar surface area (TPSA) is 0 Å². The molecule has 0 bridgehead atoms. The Morgan fingerprint density at radius 1 is 1.17 bits per heavy atom. The van der Waals surface area contributed by atoms with Crippen molar-refractivity contribution < 1.29 is 0 Å². The van der Waals surface area contributed by atoms with Gasteiger partial charge in [-0.3, -0.25) is 0 Å². The van der Waals surface area contributed by atoms with E-state index in [1.807, 2.05) is 0 Å². The second kappa shape index (κ2) is 2.49. The lowest BCUT2D eigenvalue weighted by Crippen LogP contribution is -1.99. The fraction of sp³-hybridized carbons (Fsp3) is 1.00. The molecule has 2 aliphatic rings. The van der Waals surface area contributed by atoms with Crippen LogP contribution in [-0.2, 0) is 0 Å². The SMILES string of the molecule is CC1CC1CCC1(C)C(C)C1C. The van der Waals surface area contributed by atoms with Gasteiger partial charge in [-0.2, -0.15) is 0 Å². The Kier molecular flexibility index (Phi) is 1.79. The van der Waals surface area contributed by atoms with Gasteiger partial charge in [-0.15, -0.1) is 0 Å². The summed E-state index contributed by atoms with van der Waals surface area (Å²) in [5.74, 6) is 4.14. The van der Waals surface area contributed by atoms with Crippen LogP contribution in [0.25, 0.3) is 0 Å². The van der Waals surface area contributed by atoms with Crippen molar-refractivity contribution in [2.45, 2.75) is 47.0 Å². The molecule has 2 aliphatic carbocycles. The van der Waals surface area contributed by atoms with Crippen LogP contribution in [0.2, 0.25) is 0 Å². The first kappa shape index (κ1) is 8.59. The predicted octanol–water partition coefficient (Wildman–Crippen LogP) is 3.71. The first-order valence-corrected chi connectivity index (χ1v) is 5.55. The van der Waals surface area contributed by atoms with Crippen molar-refractivity contribution in [2.75, 3.05) is 0 Å². The van der Waals surface area contributed by atoms with Gasteiger partial charge in [-0.05, 0) is 48.3 Å². The van der Waals surface area contributed by atoms with Crippen LogP contribution in [0.3, 0.4) is 0 Å². The quantitative estimate of drug-likeness (QED) is 0.599. The smallest absolute Gasteiger partial charge is 0.0269 e. The Morgan fingerprint density at radius 3 is 2.00 bits per heavy atom. The van der Waals surface area contributed by atoms with Crippen LogP contribution in [0.5, 0.6) is 0 Å². The molecule has 0 spiro atoms. The summed E-state index contributed by atoms with van der Waals surface area (Å²) in [5, 5.41) is 0. The Morgan fingerprint density at radius 2 is 1.67 bits per heavy atom. The molecular weight excluding hydrogens is 144 g/mol.